The van der Waals surface area contributed by atoms with Crippen LogP contribution in [0.3, 0.4) is 0 Å². The molecule has 3 aromatic rings. The second-order valence-electron chi connectivity index (χ2n) is 5.91. The summed E-state index contributed by atoms with van der Waals surface area (Å²) < 4.78 is 5.96. The largest absolute Gasteiger partial charge is 0.480 e. The summed E-state index contributed by atoms with van der Waals surface area (Å²) in [6, 6.07) is 7.14. The van der Waals surface area contributed by atoms with Crippen molar-refractivity contribution in [1.82, 2.24) is 9.97 Å². The van der Waals surface area contributed by atoms with E-state index in [9.17, 15) is 9.90 Å². The Morgan fingerprint density at radius 1 is 1.30 bits per heavy atom. The van der Waals surface area contributed by atoms with Crippen molar-refractivity contribution >= 4 is 33.9 Å². The highest BCUT2D eigenvalue weighted by Gasteiger charge is 2.32. The molecule has 0 aliphatic carbocycles. The van der Waals surface area contributed by atoms with E-state index in [1.165, 1.54) is 0 Å². The molecule has 1 aliphatic heterocycles. The number of furan rings is 1. The smallest absolute Gasteiger partial charge is 0.326 e. The number of aromatic nitrogens is 2. The van der Waals surface area contributed by atoms with Gasteiger partial charge in [0.15, 0.2) is 11.4 Å². The van der Waals surface area contributed by atoms with Crippen LogP contribution in [0.25, 0.3) is 22.1 Å². The fourth-order valence-corrected chi connectivity index (χ4v) is 3.32. The van der Waals surface area contributed by atoms with Crippen molar-refractivity contribution in [3.8, 4) is 0 Å². The van der Waals surface area contributed by atoms with Crippen molar-refractivity contribution in [2.45, 2.75) is 32.2 Å². The molecule has 4 rings (SSSR count). The number of nitrogens with zero attached hydrogens (tertiary/aromatic N) is 3. The minimum absolute atomic E-state index is 0.561. The number of carbonyl (C=O) groups is 1. The van der Waals surface area contributed by atoms with Crippen LogP contribution in [0.2, 0.25) is 0 Å². The maximum absolute atomic E-state index is 11.6. The average Bonchev–Trinajstić information content (AvgIpc) is 2.93. The van der Waals surface area contributed by atoms with Gasteiger partial charge in [-0.05, 0) is 38.3 Å². The summed E-state index contributed by atoms with van der Waals surface area (Å²) in [5, 5.41) is 10.5. The van der Waals surface area contributed by atoms with E-state index in [1.54, 1.807) is 0 Å². The molecule has 118 valence electrons. The topological polar surface area (TPSA) is 79.5 Å². The molecule has 3 heterocycles. The average molecular weight is 311 g/mol. The van der Waals surface area contributed by atoms with Crippen LogP contribution in [0.5, 0.6) is 0 Å². The van der Waals surface area contributed by atoms with Crippen LogP contribution in [0.1, 0.15) is 25.1 Å². The van der Waals surface area contributed by atoms with Crippen LogP contribution in [0.15, 0.2) is 28.7 Å². The number of hydrogen-bond donors (Lipinski definition) is 1. The van der Waals surface area contributed by atoms with Gasteiger partial charge in [0.1, 0.15) is 23.0 Å². The van der Waals surface area contributed by atoms with Crippen LogP contribution in [0.4, 0.5) is 5.82 Å². The standard InChI is InChI=1S/C17H17N3O3/c1-10-18-14-11-6-2-3-8-13(11)23-15(14)16(19-10)20-9-5-4-7-12(20)17(21)22/h2-3,6,8,12H,4-5,7,9H2,1H3,(H,21,22). The van der Waals surface area contributed by atoms with Crippen molar-refractivity contribution in [2.75, 3.05) is 11.4 Å². The first-order valence-electron chi connectivity index (χ1n) is 7.80. The van der Waals surface area contributed by atoms with Crippen LogP contribution >= 0.6 is 0 Å². The second kappa shape index (κ2) is 5.22. The summed E-state index contributed by atoms with van der Waals surface area (Å²) in [6.07, 6.45) is 2.50. The molecule has 6 nitrogen and oxygen atoms in total. The molecule has 0 amide bonds. The van der Waals surface area contributed by atoms with Gasteiger partial charge in [0, 0.05) is 11.9 Å². The van der Waals surface area contributed by atoms with Crippen LogP contribution < -0.4 is 4.90 Å². The Labute approximate surface area is 132 Å². The second-order valence-corrected chi connectivity index (χ2v) is 5.91. The zero-order valence-electron chi connectivity index (χ0n) is 12.8. The van der Waals surface area contributed by atoms with Crippen molar-refractivity contribution in [3.63, 3.8) is 0 Å². The summed E-state index contributed by atoms with van der Waals surface area (Å²) in [4.78, 5) is 22.5. The van der Waals surface area contributed by atoms with Gasteiger partial charge in [-0.3, -0.25) is 0 Å². The number of carboxylic acids is 1. The minimum Gasteiger partial charge on any atom is -0.480 e. The number of benzene rings is 1. The van der Waals surface area contributed by atoms with E-state index in [0.29, 0.717) is 30.2 Å². The molecule has 0 spiro atoms. The van der Waals surface area contributed by atoms with Gasteiger partial charge < -0.3 is 14.4 Å². The molecule has 1 unspecified atom stereocenters. The maximum Gasteiger partial charge on any atom is 0.326 e. The number of fused-ring (bicyclic) bond motifs is 3. The summed E-state index contributed by atoms with van der Waals surface area (Å²) in [5.74, 6) is 0.398. The van der Waals surface area contributed by atoms with Gasteiger partial charge in [-0.1, -0.05) is 12.1 Å². The highest BCUT2D eigenvalue weighted by Crippen LogP contribution is 2.35. The Morgan fingerprint density at radius 2 is 2.13 bits per heavy atom. The normalized spacial score (nSPS) is 18.7. The van der Waals surface area contributed by atoms with Crippen LogP contribution in [0, 0.1) is 6.92 Å². The van der Waals surface area contributed by atoms with E-state index in [4.69, 9.17) is 4.42 Å². The van der Waals surface area contributed by atoms with Gasteiger partial charge in [0.25, 0.3) is 0 Å². The predicted octanol–water partition coefficient (Wildman–Crippen LogP) is 3.13. The number of hydrogen-bond acceptors (Lipinski definition) is 5. The molecule has 1 fully saturated rings. The Bertz CT molecular complexity index is 903. The SMILES string of the molecule is Cc1nc(N2CCCCC2C(=O)O)c2oc3ccccc3c2n1. The number of anilines is 1. The molecule has 1 atom stereocenters. The van der Waals surface area contributed by atoms with Gasteiger partial charge in [-0.2, -0.15) is 0 Å². The molecule has 23 heavy (non-hydrogen) atoms. The highest BCUT2D eigenvalue weighted by molar-refractivity contribution is 6.06. The number of carboxylic acid groups (broad SMARTS) is 1. The monoisotopic (exact) mass is 311 g/mol. The van der Waals surface area contributed by atoms with Crippen molar-refractivity contribution < 1.29 is 14.3 Å². The summed E-state index contributed by atoms with van der Waals surface area (Å²) in [5.41, 5.74) is 2.07. The minimum atomic E-state index is -0.815. The third kappa shape index (κ3) is 2.21. The first-order chi connectivity index (χ1) is 11.1. The summed E-state index contributed by atoms with van der Waals surface area (Å²) in [7, 11) is 0. The van der Waals surface area contributed by atoms with Gasteiger partial charge in [-0.15, -0.1) is 0 Å². The Balaban J connectivity index is 1.96. The Kier molecular flexibility index (Phi) is 3.18. The van der Waals surface area contributed by atoms with E-state index in [0.717, 1.165) is 29.3 Å². The Morgan fingerprint density at radius 3 is 2.96 bits per heavy atom. The molecule has 0 radical (unpaired) electrons. The lowest BCUT2D eigenvalue weighted by atomic mass is 10.0. The number of aryl methyl sites for hydroxylation is 1. The zero-order chi connectivity index (χ0) is 16.0. The molecule has 1 N–H and O–H groups in total. The fourth-order valence-electron chi connectivity index (χ4n) is 3.32. The maximum atomic E-state index is 11.6. The first kappa shape index (κ1) is 14.0. The van der Waals surface area contributed by atoms with E-state index >= 15 is 0 Å². The van der Waals surface area contributed by atoms with Crippen LogP contribution in [-0.2, 0) is 4.79 Å². The lowest BCUT2D eigenvalue weighted by Gasteiger charge is -2.33. The molecular formula is C17H17N3O3. The summed E-state index contributed by atoms with van der Waals surface area (Å²) >= 11 is 0. The van der Waals surface area contributed by atoms with E-state index < -0.39 is 12.0 Å². The van der Waals surface area contributed by atoms with Crippen molar-refractivity contribution in [1.29, 1.82) is 0 Å². The predicted molar refractivity (Wildman–Crippen MR) is 86.7 cm³/mol. The van der Waals surface area contributed by atoms with E-state index in [-0.39, 0.29) is 0 Å². The number of para-hydroxylation sites is 1. The number of aliphatic carboxylic acids is 1. The summed E-state index contributed by atoms with van der Waals surface area (Å²) in [6.45, 7) is 2.49. The fraction of sp³-hybridized carbons (Fsp3) is 0.353. The molecule has 2 aromatic heterocycles. The third-order valence-electron chi connectivity index (χ3n) is 4.37. The van der Waals surface area contributed by atoms with Gasteiger partial charge in [-0.25, -0.2) is 14.8 Å². The third-order valence-corrected chi connectivity index (χ3v) is 4.37. The van der Waals surface area contributed by atoms with Gasteiger partial charge in [0.05, 0.1) is 0 Å². The molecule has 1 aliphatic rings. The molecule has 1 saturated heterocycles. The molecule has 0 bridgehead atoms. The molecule has 1 aromatic carbocycles. The van der Waals surface area contributed by atoms with Gasteiger partial charge >= 0.3 is 5.97 Å². The van der Waals surface area contributed by atoms with Crippen LogP contribution in [-0.4, -0.2) is 33.6 Å². The molecule has 0 saturated carbocycles. The van der Waals surface area contributed by atoms with Gasteiger partial charge in [0.2, 0.25) is 0 Å². The molecule has 6 heteroatoms. The van der Waals surface area contributed by atoms with Crippen molar-refractivity contribution in [3.05, 3.63) is 30.1 Å². The van der Waals surface area contributed by atoms with Crippen molar-refractivity contribution in [2.24, 2.45) is 0 Å². The Hall–Kier alpha value is -2.63. The zero-order valence-corrected chi connectivity index (χ0v) is 12.8. The first-order valence-corrected chi connectivity index (χ1v) is 7.80. The van der Waals surface area contributed by atoms with E-state index in [2.05, 4.69) is 9.97 Å². The quantitative estimate of drug-likeness (QED) is 0.783. The molecular weight excluding hydrogens is 294 g/mol. The lowest BCUT2D eigenvalue weighted by molar-refractivity contribution is -0.139. The van der Waals surface area contributed by atoms with E-state index in [1.807, 2.05) is 36.1 Å². The lowest BCUT2D eigenvalue weighted by Crippen LogP contribution is -2.45. The number of piperidine rings is 1. The highest BCUT2D eigenvalue weighted by atomic mass is 16.4. The number of rotatable bonds is 2.